The van der Waals surface area contributed by atoms with E-state index in [1.165, 1.54) is 17.8 Å². The molecular weight excluding hydrogens is 403 g/mol. The minimum Gasteiger partial charge on any atom is -0.350 e. The van der Waals surface area contributed by atoms with Crippen LogP contribution in [-0.2, 0) is 19.4 Å². The summed E-state index contributed by atoms with van der Waals surface area (Å²) in [4.78, 5) is 4.74. The number of benzene rings is 1. The minimum absolute atomic E-state index is 0.193. The zero-order valence-electron chi connectivity index (χ0n) is 16.9. The fraction of sp³-hybridized carbons (Fsp3) is 0.318. The Balaban J connectivity index is 1.44. The van der Waals surface area contributed by atoms with Crippen LogP contribution in [0.2, 0.25) is 5.15 Å². The Morgan fingerprint density at radius 2 is 2.10 bits per heavy atom. The number of halogens is 2. The number of anilines is 1. The lowest BCUT2D eigenvalue weighted by atomic mass is 9.93. The molecule has 154 valence electrons. The van der Waals surface area contributed by atoms with Crippen LogP contribution in [0.4, 0.5) is 10.3 Å². The van der Waals surface area contributed by atoms with Crippen molar-refractivity contribution in [3.05, 3.63) is 64.3 Å². The summed E-state index contributed by atoms with van der Waals surface area (Å²) >= 11 is 6.37. The summed E-state index contributed by atoms with van der Waals surface area (Å²) in [5.41, 5.74) is 5.83. The largest absolute Gasteiger partial charge is 0.350 e. The average molecular weight is 425 g/mol. The summed E-state index contributed by atoms with van der Waals surface area (Å²) < 4.78 is 17.3. The number of aromatic nitrogens is 5. The summed E-state index contributed by atoms with van der Waals surface area (Å²) in [5, 5.41) is 13.1. The second kappa shape index (κ2) is 7.40. The summed E-state index contributed by atoms with van der Waals surface area (Å²) in [6.45, 7) is 4.80. The Labute approximate surface area is 178 Å². The van der Waals surface area contributed by atoms with Crippen molar-refractivity contribution >= 4 is 23.2 Å². The summed E-state index contributed by atoms with van der Waals surface area (Å²) in [5.74, 6) is 0.336. The monoisotopic (exact) mass is 424 g/mol. The third-order valence-electron chi connectivity index (χ3n) is 5.77. The summed E-state index contributed by atoms with van der Waals surface area (Å²) in [6, 6.07) is 8.90. The van der Waals surface area contributed by atoms with Gasteiger partial charge in [-0.05, 0) is 68.5 Å². The molecule has 8 heteroatoms. The fourth-order valence-corrected chi connectivity index (χ4v) is 4.59. The quantitative estimate of drug-likeness (QED) is 0.516. The molecule has 1 aliphatic carbocycles. The van der Waals surface area contributed by atoms with Crippen LogP contribution in [-0.4, -0.2) is 30.4 Å². The molecule has 0 saturated heterocycles. The third kappa shape index (κ3) is 3.23. The zero-order valence-corrected chi connectivity index (χ0v) is 17.6. The number of nitrogens with one attached hydrogen (secondary N) is 1. The molecule has 1 unspecified atom stereocenters. The van der Waals surface area contributed by atoms with Crippen LogP contribution in [0, 0.1) is 12.7 Å². The SMILES string of the molecule is CCn1nc(Cl)c2c1CCC(Nc1nc3c(-c4ccc(F)cc4C)cccn3n1)C2. The molecule has 0 amide bonds. The van der Waals surface area contributed by atoms with E-state index in [9.17, 15) is 4.39 Å². The first-order chi connectivity index (χ1) is 14.5. The highest BCUT2D eigenvalue weighted by atomic mass is 35.5. The van der Waals surface area contributed by atoms with Gasteiger partial charge in [0.15, 0.2) is 10.8 Å². The fourth-order valence-electron chi connectivity index (χ4n) is 4.32. The highest BCUT2D eigenvalue weighted by molar-refractivity contribution is 6.30. The van der Waals surface area contributed by atoms with E-state index in [0.717, 1.165) is 53.7 Å². The molecule has 0 spiro atoms. The molecule has 4 aromatic rings. The lowest BCUT2D eigenvalue weighted by molar-refractivity contribution is 0.552. The van der Waals surface area contributed by atoms with Gasteiger partial charge in [-0.3, -0.25) is 4.68 Å². The van der Waals surface area contributed by atoms with Crippen LogP contribution in [0.1, 0.15) is 30.2 Å². The molecule has 1 N–H and O–H groups in total. The topological polar surface area (TPSA) is 60.0 Å². The van der Waals surface area contributed by atoms with Crippen LogP contribution < -0.4 is 5.32 Å². The predicted molar refractivity (Wildman–Crippen MR) is 115 cm³/mol. The van der Waals surface area contributed by atoms with E-state index in [4.69, 9.17) is 16.6 Å². The smallest absolute Gasteiger partial charge is 0.243 e. The van der Waals surface area contributed by atoms with Gasteiger partial charge in [-0.25, -0.2) is 8.91 Å². The van der Waals surface area contributed by atoms with Crippen molar-refractivity contribution in [3.8, 4) is 11.1 Å². The minimum atomic E-state index is -0.242. The molecule has 3 aromatic heterocycles. The molecule has 1 aliphatic rings. The number of nitrogens with zero attached hydrogens (tertiary/aromatic N) is 5. The number of pyridine rings is 1. The predicted octanol–water partition coefficient (Wildman–Crippen LogP) is 4.68. The first-order valence-corrected chi connectivity index (χ1v) is 10.5. The van der Waals surface area contributed by atoms with Crippen LogP contribution in [0.15, 0.2) is 36.5 Å². The number of fused-ring (bicyclic) bond motifs is 2. The third-order valence-corrected chi connectivity index (χ3v) is 6.07. The van der Waals surface area contributed by atoms with E-state index in [2.05, 4.69) is 22.4 Å². The molecule has 0 saturated carbocycles. The van der Waals surface area contributed by atoms with Gasteiger partial charge in [-0.15, -0.1) is 5.10 Å². The Morgan fingerprint density at radius 3 is 2.90 bits per heavy atom. The maximum Gasteiger partial charge on any atom is 0.243 e. The van der Waals surface area contributed by atoms with Crippen LogP contribution in [0.25, 0.3) is 16.8 Å². The lowest BCUT2D eigenvalue weighted by Crippen LogP contribution is -2.28. The highest BCUT2D eigenvalue weighted by Crippen LogP contribution is 2.30. The summed E-state index contributed by atoms with van der Waals surface area (Å²) in [6.07, 6.45) is 4.56. The molecule has 0 aliphatic heterocycles. The number of aryl methyl sites for hydroxylation is 2. The first kappa shape index (κ1) is 19.1. The molecule has 3 heterocycles. The van der Waals surface area contributed by atoms with Crippen LogP contribution in [0.5, 0.6) is 0 Å². The normalized spacial score (nSPS) is 16.1. The van der Waals surface area contributed by atoms with Gasteiger partial charge in [0, 0.05) is 35.6 Å². The Hall–Kier alpha value is -2.93. The van der Waals surface area contributed by atoms with Gasteiger partial charge >= 0.3 is 0 Å². The van der Waals surface area contributed by atoms with Gasteiger partial charge in [0.2, 0.25) is 5.95 Å². The maximum atomic E-state index is 13.5. The van der Waals surface area contributed by atoms with Crippen molar-refractivity contribution < 1.29 is 4.39 Å². The molecule has 1 aromatic carbocycles. The van der Waals surface area contributed by atoms with Gasteiger partial charge in [0.25, 0.3) is 0 Å². The van der Waals surface area contributed by atoms with Crippen molar-refractivity contribution in [2.75, 3.05) is 5.32 Å². The molecule has 0 bridgehead atoms. The number of rotatable bonds is 4. The second-order valence-corrected chi connectivity index (χ2v) is 8.06. The Bertz CT molecular complexity index is 1240. The molecular formula is C22H22ClFN6. The van der Waals surface area contributed by atoms with Crippen LogP contribution in [0.3, 0.4) is 0 Å². The Morgan fingerprint density at radius 1 is 1.23 bits per heavy atom. The molecule has 0 fully saturated rings. The highest BCUT2D eigenvalue weighted by Gasteiger charge is 2.26. The van der Waals surface area contributed by atoms with Gasteiger partial charge < -0.3 is 5.32 Å². The van der Waals surface area contributed by atoms with E-state index >= 15 is 0 Å². The standard InChI is InChI=1S/C22H22ClFN6/c1-3-29-19-9-7-15(12-18(19)20(23)27-29)25-22-26-21-17(5-4-10-30(21)28-22)16-8-6-14(24)11-13(16)2/h4-6,8,10-11,15H,3,7,9,12H2,1-2H3,(H,25,28). The van der Waals surface area contributed by atoms with Crippen molar-refractivity contribution in [1.82, 2.24) is 24.4 Å². The van der Waals surface area contributed by atoms with Gasteiger partial charge in [0.1, 0.15) is 5.82 Å². The van der Waals surface area contributed by atoms with Crippen LogP contribution >= 0.6 is 11.6 Å². The number of hydrogen-bond donors (Lipinski definition) is 1. The van der Waals surface area contributed by atoms with E-state index in [0.29, 0.717) is 11.1 Å². The van der Waals surface area contributed by atoms with E-state index < -0.39 is 0 Å². The van der Waals surface area contributed by atoms with Gasteiger partial charge in [-0.2, -0.15) is 10.1 Å². The van der Waals surface area contributed by atoms with Crippen molar-refractivity contribution in [2.45, 2.75) is 45.7 Å². The van der Waals surface area contributed by atoms with Gasteiger partial charge in [-0.1, -0.05) is 17.7 Å². The van der Waals surface area contributed by atoms with Crippen molar-refractivity contribution in [2.24, 2.45) is 0 Å². The lowest BCUT2D eigenvalue weighted by Gasteiger charge is -2.23. The molecule has 0 radical (unpaired) electrons. The molecule has 30 heavy (non-hydrogen) atoms. The zero-order chi connectivity index (χ0) is 20.8. The number of hydrogen-bond acceptors (Lipinski definition) is 4. The maximum absolute atomic E-state index is 13.5. The summed E-state index contributed by atoms with van der Waals surface area (Å²) in [7, 11) is 0. The van der Waals surface area contributed by atoms with E-state index in [1.54, 1.807) is 10.6 Å². The molecule has 5 rings (SSSR count). The van der Waals surface area contributed by atoms with Crippen molar-refractivity contribution in [3.63, 3.8) is 0 Å². The average Bonchev–Trinajstić information content (AvgIpc) is 3.28. The van der Waals surface area contributed by atoms with Gasteiger partial charge in [0.05, 0.1) is 0 Å². The first-order valence-electron chi connectivity index (χ1n) is 10.2. The molecule has 6 nitrogen and oxygen atoms in total. The molecule has 1 atom stereocenters. The second-order valence-electron chi connectivity index (χ2n) is 7.70. The van der Waals surface area contributed by atoms with Crippen molar-refractivity contribution in [1.29, 1.82) is 0 Å². The Kier molecular flexibility index (Phi) is 4.70. The van der Waals surface area contributed by atoms with E-state index in [-0.39, 0.29) is 11.9 Å². The van der Waals surface area contributed by atoms with E-state index in [1.807, 2.05) is 29.9 Å².